The predicted molar refractivity (Wildman–Crippen MR) is 53.9 cm³/mol. The van der Waals surface area contributed by atoms with Crippen LogP contribution in [0.5, 0.6) is 0 Å². The van der Waals surface area contributed by atoms with E-state index in [2.05, 4.69) is 4.74 Å². The van der Waals surface area contributed by atoms with Crippen LogP contribution >= 0.6 is 0 Å². The van der Waals surface area contributed by atoms with Gasteiger partial charge in [0.2, 0.25) is 0 Å². The second-order valence-corrected chi connectivity index (χ2v) is 4.19. The van der Waals surface area contributed by atoms with Gasteiger partial charge in [-0.25, -0.2) is 9.52 Å². The first-order chi connectivity index (χ1) is 7.32. The van der Waals surface area contributed by atoms with Crippen molar-refractivity contribution in [2.45, 2.75) is 26.3 Å². The zero-order valence-corrected chi connectivity index (χ0v) is 9.70. The lowest BCUT2D eigenvalue weighted by Gasteiger charge is -2.12. The molecule has 9 heteroatoms. The van der Waals surface area contributed by atoms with E-state index < -0.39 is 28.3 Å². The lowest BCUT2D eigenvalue weighted by molar-refractivity contribution is -0.139. The van der Waals surface area contributed by atoms with E-state index in [1.54, 1.807) is 4.72 Å². The quantitative estimate of drug-likeness (QED) is 0.583. The zero-order valence-electron chi connectivity index (χ0n) is 8.89. The third-order valence-corrected chi connectivity index (χ3v) is 2.53. The summed E-state index contributed by atoms with van der Waals surface area (Å²) in [7, 11) is -4.21. The average Bonchev–Trinajstić information content (AvgIpc) is 2.13. The number of ether oxygens (including phenoxy) is 1. The Morgan fingerprint density at radius 1 is 1.38 bits per heavy atom. The third-order valence-electron chi connectivity index (χ3n) is 1.50. The molecule has 0 aromatic heterocycles. The Hall–Kier alpha value is -1.35. The van der Waals surface area contributed by atoms with Gasteiger partial charge in [0, 0.05) is 0 Å². The minimum Gasteiger partial charge on any atom is -0.480 e. The maximum atomic E-state index is 11.2. The van der Waals surface area contributed by atoms with Crippen LogP contribution in [0, 0.1) is 0 Å². The van der Waals surface area contributed by atoms with Crippen molar-refractivity contribution in [2.24, 2.45) is 0 Å². The Bertz CT molecular complexity index is 352. The molecule has 94 valence electrons. The molecule has 16 heavy (non-hydrogen) atoms. The smallest absolute Gasteiger partial charge is 0.421 e. The first kappa shape index (κ1) is 14.6. The van der Waals surface area contributed by atoms with E-state index in [-0.39, 0.29) is 13.0 Å². The van der Waals surface area contributed by atoms with E-state index in [1.165, 1.54) is 18.6 Å². The van der Waals surface area contributed by atoms with Crippen LogP contribution in [0.4, 0.5) is 4.79 Å². The average molecular weight is 254 g/mol. The van der Waals surface area contributed by atoms with E-state index in [0.29, 0.717) is 0 Å². The SMILES string of the molecule is CCOC(=O)NS(=O)(=O)N[C@H](CC)C(=O)O. The summed E-state index contributed by atoms with van der Waals surface area (Å²) in [6.45, 7) is 3.01. The number of carboxylic acids is 1. The molecule has 0 saturated carbocycles. The van der Waals surface area contributed by atoms with Crippen molar-refractivity contribution in [1.82, 2.24) is 9.44 Å². The molecule has 0 rings (SSSR count). The second kappa shape index (κ2) is 6.28. The minimum absolute atomic E-state index is 0.0114. The molecule has 0 spiro atoms. The summed E-state index contributed by atoms with van der Waals surface area (Å²) in [5, 5.41) is 8.60. The first-order valence-electron chi connectivity index (χ1n) is 4.52. The number of carbonyl (C=O) groups excluding carboxylic acids is 1. The van der Waals surface area contributed by atoms with Gasteiger partial charge in [0.15, 0.2) is 0 Å². The van der Waals surface area contributed by atoms with Gasteiger partial charge in [-0.15, -0.1) is 0 Å². The van der Waals surface area contributed by atoms with E-state index in [1.807, 2.05) is 0 Å². The van der Waals surface area contributed by atoms with Crippen molar-refractivity contribution in [3.63, 3.8) is 0 Å². The van der Waals surface area contributed by atoms with Crippen molar-refractivity contribution in [2.75, 3.05) is 6.61 Å². The van der Waals surface area contributed by atoms with Gasteiger partial charge in [-0.3, -0.25) is 4.79 Å². The molecule has 8 nitrogen and oxygen atoms in total. The van der Waals surface area contributed by atoms with Crippen LogP contribution in [0.1, 0.15) is 20.3 Å². The Kier molecular flexibility index (Phi) is 5.75. The van der Waals surface area contributed by atoms with Crippen LogP contribution in [0.25, 0.3) is 0 Å². The number of aliphatic carboxylic acids is 1. The fourth-order valence-electron chi connectivity index (χ4n) is 0.795. The fourth-order valence-corrected chi connectivity index (χ4v) is 1.77. The molecule has 0 radical (unpaired) electrons. The molecule has 0 fully saturated rings. The minimum atomic E-state index is -4.21. The summed E-state index contributed by atoms with van der Waals surface area (Å²) >= 11 is 0. The largest absolute Gasteiger partial charge is 0.480 e. The number of hydrogen-bond acceptors (Lipinski definition) is 5. The van der Waals surface area contributed by atoms with Crippen LogP contribution in [-0.4, -0.2) is 38.2 Å². The number of rotatable bonds is 6. The molecule has 1 atom stereocenters. The highest BCUT2D eigenvalue weighted by Crippen LogP contribution is 1.93. The van der Waals surface area contributed by atoms with Gasteiger partial charge in [-0.1, -0.05) is 6.92 Å². The summed E-state index contributed by atoms with van der Waals surface area (Å²) < 4.78 is 30.0. The van der Waals surface area contributed by atoms with Crippen molar-refractivity contribution in [3.05, 3.63) is 0 Å². The number of amides is 1. The molecule has 0 aromatic carbocycles. The first-order valence-corrected chi connectivity index (χ1v) is 6.00. The van der Waals surface area contributed by atoms with Gasteiger partial charge in [-0.05, 0) is 13.3 Å². The van der Waals surface area contributed by atoms with Crippen molar-refractivity contribution in [1.29, 1.82) is 0 Å². The van der Waals surface area contributed by atoms with Gasteiger partial charge in [0.05, 0.1) is 6.61 Å². The van der Waals surface area contributed by atoms with Crippen molar-refractivity contribution in [3.8, 4) is 0 Å². The van der Waals surface area contributed by atoms with Crippen molar-refractivity contribution >= 4 is 22.3 Å². The van der Waals surface area contributed by atoms with Gasteiger partial charge in [0.1, 0.15) is 6.04 Å². The Morgan fingerprint density at radius 2 is 1.94 bits per heavy atom. The summed E-state index contributed by atoms with van der Waals surface area (Å²) in [6.07, 6.45) is -1.10. The number of carbonyl (C=O) groups is 2. The monoisotopic (exact) mass is 254 g/mol. The second-order valence-electron chi connectivity index (χ2n) is 2.74. The van der Waals surface area contributed by atoms with E-state index >= 15 is 0 Å². The summed E-state index contributed by atoms with van der Waals surface area (Å²) in [5.41, 5.74) is 0. The maximum Gasteiger partial charge on any atom is 0.421 e. The van der Waals surface area contributed by atoms with E-state index in [0.717, 1.165) is 0 Å². The highest BCUT2D eigenvalue weighted by molar-refractivity contribution is 7.88. The third kappa shape index (κ3) is 5.51. The molecule has 3 N–H and O–H groups in total. The van der Waals surface area contributed by atoms with Crippen LogP contribution < -0.4 is 9.44 Å². The summed E-state index contributed by atoms with van der Waals surface area (Å²) in [6, 6.07) is -1.29. The van der Waals surface area contributed by atoms with Crippen molar-refractivity contribution < 1.29 is 27.9 Å². The number of carboxylic acid groups (broad SMARTS) is 1. The topological polar surface area (TPSA) is 122 Å². The number of nitrogens with one attached hydrogen (secondary N) is 2. The molecule has 0 bridgehead atoms. The van der Waals surface area contributed by atoms with E-state index in [4.69, 9.17) is 5.11 Å². The van der Waals surface area contributed by atoms with Gasteiger partial charge >= 0.3 is 22.3 Å². The van der Waals surface area contributed by atoms with Gasteiger partial charge < -0.3 is 9.84 Å². The predicted octanol–water partition coefficient (Wildman–Crippen LogP) is -0.570. The fraction of sp³-hybridized carbons (Fsp3) is 0.714. The molecule has 0 unspecified atom stereocenters. The Labute approximate surface area is 93.2 Å². The molecular formula is C7H14N2O6S. The molecule has 0 saturated heterocycles. The van der Waals surface area contributed by atoms with Crippen LogP contribution in [0.15, 0.2) is 0 Å². The molecule has 0 aliphatic heterocycles. The Balaban J connectivity index is 4.45. The van der Waals surface area contributed by atoms with Crippen LogP contribution in [0.3, 0.4) is 0 Å². The highest BCUT2D eigenvalue weighted by atomic mass is 32.2. The van der Waals surface area contributed by atoms with Gasteiger partial charge in [0.25, 0.3) is 0 Å². The summed E-state index contributed by atoms with van der Waals surface area (Å²) in [5.74, 6) is -1.32. The van der Waals surface area contributed by atoms with E-state index in [9.17, 15) is 18.0 Å². The maximum absolute atomic E-state index is 11.2. The van der Waals surface area contributed by atoms with Crippen LogP contribution in [-0.2, 0) is 19.7 Å². The number of hydrogen-bond donors (Lipinski definition) is 3. The highest BCUT2D eigenvalue weighted by Gasteiger charge is 2.23. The lowest BCUT2D eigenvalue weighted by atomic mass is 10.2. The molecule has 0 aliphatic carbocycles. The molecule has 1 amide bonds. The lowest BCUT2D eigenvalue weighted by Crippen LogP contribution is -2.48. The van der Waals surface area contributed by atoms with Crippen LogP contribution in [0.2, 0.25) is 0 Å². The van der Waals surface area contributed by atoms with Gasteiger partial charge in [-0.2, -0.15) is 13.1 Å². The molecule has 0 heterocycles. The molecule has 0 aromatic rings. The summed E-state index contributed by atoms with van der Waals surface area (Å²) in [4.78, 5) is 21.3. The Morgan fingerprint density at radius 3 is 2.31 bits per heavy atom. The zero-order chi connectivity index (χ0) is 12.8. The standard InChI is InChI=1S/C7H14N2O6S/c1-3-5(6(10)11)8-16(13,14)9-7(12)15-4-2/h5,8H,3-4H2,1-2H3,(H,9,12)(H,10,11)/t5-/m1/s1. The molecular weight excluding hydrogens is 240 g/mol. The molecule has 0 aliphatic rings. The normalized spacial score (nSPS) is 12.9.